The Balaban J connectivity index is 1.64. The van der Waals surface area contributed by atoms with Crippen molar-refractivity contribution in [1.29, 1.82) is 0 Å². The van der Waals surface area contributed by atoms with Gasteiger partial charge >= 0.3 is 0 Å². The lowest BCUT2D eigenvalue weighted by atomic mass is 9.91. The van der Waals surface area contributed by atoms with Gasteiger partial charge in [0.1, 0.15) is 6.33 Å². The molecular weight excluding hydrogens is 418 g/mol. The Labute approximate surface area is 190 Å². The quantitative estimate of drug-likeness (QED) is 0.334. The van der Waals surface area contributed by atoms with Crippen molar-refractivity contribution in [2.45, 2.75) is 25.4 Å². The molecule has 1 aliphatic rings. The first kappa shape index (κ1) is 20.6. The maximum atomic E-state index is 13.7. The van der Waals surface area contributed by atoms with E-state index >= 15 is 0 Å². The fourth-order valence-electron chi connectivity index (χ4n) is 4.34. The van der Waals surface area contributed by atoms with E-state index in [4.69, 9.17) is 0 Å². The van der Waals surface area contributed by atoms with Crippen molar-refractivity contribution in [3.05, 3.63) is 118 Å². The summed E-state index contributed by atoms with van der Waals surface area (Å²) in [5.41, 5.74) is 3.30. The van der Waals surface area contributed by atoms with Crippen molar-refractivity contribution >= 4 is 17.5 Å². The summed E-state index contributed by atoms with van der Waals surface area (Å²) in [4.78, 5) is 30.5. The van der Waals surface area contributed by atoms with Crippen molar-refractivity contribution in [3.63, 3.8) is 0 Å². The number of aryl methyl sites for hydroxylation is 1. The van der Waals surface area contributed by atoms with E-state index in [9.17, 15) is 14.9 Å². The van der Waals surface area contributed by atoms with E-state index in [0.717, 1.165) is 16.7 Å². The number of hydrogen-bond donors (Lipinski definition) is 0. The standard InChI is InChI=1S/C25H21N5O3/c1-17-10-12-19(13-11-17)23-15-22(18-6-3-2-4-7-18)28(25-26-16-27-29(23)25)24(31)20-8-5-9-21(14-20)30(32)33/h2-14,16,22-23H,15H2,1H3. The zero-order valence-electron chi connectivity index (χ0n) is 17.9. The predicted octanol–water partition coefficient (Wildman–Crippen LogP) is 4.88. The van der Waals surface area contributed by atoms with E-state index in [2.05, 4.69) is 34.3 Å². The highest BCUT2D eigenvalue weighted by Gasteiger charge is 2.39. The Morgan fingerprint density at radius 3 is 2.42 bits per heavy atom. The number of carbonyl (C=O) groups excluding carboxylic acids is 1. The summed E-state index contributed by atoms with van der Waals surface area (Å²) in [7, 11) is 0. The van der Waals surface area contributed by atoms with Crippen LogP contribution in [0.1, 0.15) is 45.6 Å². The molecule has 5 rings (SSSR count). The van der Waals surface area contributed by atoms with Crippen molar-refractivity contribution in [2.75, 3.05) is 4.90 Å². The van der Waals surface area contributed by atoms with Crippen LogP contribution in [-0.2, 0) is 0 Å². The molecule has 0 radical (unpaired) electrons. The van der Waals surface area contributed by atoms with Crippen molar-refractivity contribution in [2.24, 2.45) is 0 Å². The van der Waals surface area contributed by atoms with E-state index in [1.807, 2.05) is 37.3 Å². The zero-order valence-corrected chi connectivity index (χ0v) is 17.9. The highest BCUT2D eigenvalue weighted by Crippen LogP contribution is 2.42. The van der Waals surface area contributed by atoms with E-state index in [1.54, 1.807) is 15.6 Å². The van der Waals surface area contributed by atoms with Gasteiger partial charge < -0.3 is 0 Å². The van der Waals surface area contributed by atoms with Crippen LogP contribution in [0.25, 0.3) is 0 Å². The molecule has 0 N–H and O–H groups in total. The molecule has 0 spiro atoms. The summed E-state index contributed by atoms with van der Waals surface area (Å²) < 4.78 is 1.76. The number of nitro groups is 1. The smallest absolute Gasteiger partial charge is 0.269 e. The first-order valence-electron chi connectivity index (χ1n) is 10.6. The Morgan fingerprint density at radius 2 is 1.70 bits per heavy atom. The minimum atomic E-state index is -0.502. The first-order chi connectivity index (χ1) is 16.0. The van der Waals surface area contributed by atoms with Crippen LogP contribution in [0, 0.1) is 17.0 Å². The van der Waals surface area contributed by atoms with Crippen LogP contribution in [0.15, 0.2) is 85.2 Å². The van der Waals surface area contributed by atoms with Crippen molar-refractivity contribution < 1.29 is 9.72 Å². The molecule has 164 valence electrons. The number of non-ortho nitro benzene ring substituents is 1. The van der Waals surface area contributed by atoms with Gasteiger partial charge in [0.2, 0.25) is 5.95 Å². The van der Waals surface area contributed by atoms with Crippen molar-refractivity contribution in [3.8, 4) is 0 Å². The summed E-state index contributed by atoms with van der Waals surface area (Å²) in [6.07, 6.45) is 2.03. The molecule has 0 saturated carbocycles. The van der Waals surface area contributed by atoms with Gasteiger partial charge in [-0.15, -0.1) is 0 Å². The van der Waals surface area contributed by atoms with Crippen LogP contribution in [-0.4, -0.2) is 25.6 Å². The molecule has 2 atom stereocenters. The molecule has 8 heteroatoms. The third-order valence-electron chi connectivity index (χ3n) is 5.99. The molecule has 1 aliphatic heterocycles. The number of fused-ring (bicyclic) bond motifs is 1. The van der Waals surface area contributed by atoms with Crippen LogP contribution < -0.4 is 4.90 Å². The van der Waals surface area contributed by atoms with Gasteiger partial charge in [-0.25, -0.2) is 4.68 Å². The van der Waals surface area contributed by atoms with Gasteiger partial charge in [0.25, 0.3) is 11.6 Å². The maximum absolute atomic E-state index is 13.7. The Hall–Kier alpha value is -4.33. The van der Waals surface area contributed by atoms with Gasteiger partial charge in [-0.2, -0.15) is 10.1 Å². The normalized spacial score (nSPS) is 17.4. The molecule has 1 aromatic heterocycles. The van der Waals surface area contributed by atoms with E-state index in [0.29, 0.717) is 12.4 Å². The minimum absolute atomic E-state index is 0.109. The zero-order chi connectivity index (χ0) is 22.9. The number of hydrogen-bond acceptors (Lipinski definition) is 5. The average molecular weight is 439 g/mol. The summed E-state index contributed by atoms with van der Waals surface area (Å²) in [5.74, 6) is 0.0568. The predicted molar refractivity (Wildman–Crippen MR) is 123 cm³/mol. The Morgan fingerprint density at radius 1 is 0.970 bits per heavy atom. The lowest BCUT2D eigenvalue weighted by Crippen LogP contribution is -2.42. The summed E-state index contributed by atoms with van der Waals surface area (Å²) in [6, 6.07) is 23.4. The van der Waals surface area contributed by atoms with Crippen LogP contribution in [0.3, 0.4) is 0 Å². The lowest BCUT2D eigenvalue weighted by molar-refractivity contribution is -0.384. The molecule has 2 heterocycles. The Bertz CT molecular complexity index is 1320. The molecule has 0 bridgehead atoms. The SMILES string of the molecule is Cc1ccc(C2CC(c3ccccc3)N(C(=O)c3cccc([N+](=O)[O-])c3)c3ncnn32)cc1. The first-order valence-corrected chi connectivity index (χ1v) is 10.6. The third-order valence-corrected chi connectivity index (χ3v) is 5.99. The minimum Gasteiger partial charge on any atom is -0.269 e. The third kappa shape index (κ3) is 3.76. The largest absolute Gasteiger partial charge is 0.270 e. The highest BCUT2D eigenvalue weighted by atomic mass is 16.6. The molecule has 8 nitrogen and oxygen atoms in total. The lowest BCUT2D eigenvalue weighted by Gasteiger charge is -2.39. The fraction of sp³-hybridized carbons (Fsp3) is 0.160. The maximum Gasteiger partial charge on any atom is 0.270 e. The van der Waals surface area contributed by atoms with E-state index < -0.39 is 4.92 Å². The summed E-state index contributed by atoms with van der Waals surface area (Å²) in [6.45, 7) is 2.04. The fourth-order valence-corrected chi connectivity index (χ4v) is 4.34. The van der Waals surface area contributed by atoms with Gasteiger partial charge in [-0.1, -0.05) is 66.2 Å². The summed E-state index contributed by atoms with van der Waals surface area (Å²) >= 11 is 0. The van der Waals surface area contributed by atoms with Gasteiger partial charge in [0.05, 0.1) is 17.0 Å². The number of nitrogens with zero attached hydrogens (tertiary/aromatic N) is 5. The number of rotatable bonds is 4. The van der Waals surface area contributed by atoms with Gasteiger partial charge in [-0.05, 0) is 30.5 Å². The molecular formula is C25H21N5O3. The molecule has 4 aromatic rings. The van der Waals surface area contributed by atoms with Gasteiger partial charge in [-0.3, -0.25) is 19.8 Å². The monoisotopic (exact) mass is 439 g/mol. The highest BCUT2D eigenvalue weighted by molar-refractivity contribution is 6.06. The molecule has 0 saturated heterocycles. The number of aromatic nitrogens is 3. The number of benzene rings is 3. The molecule has 33 heavy (non-hydrogen) atoms. The summed E-state index contributed by atoms with van der Waals surface area (Å²) in [5, 5.41) is 15.7. The molecule has 0 aliphatic carbocycles. The van der Waals surface area contributed by atoms with Crippen LogP contribution in [0.2, 0.25) is 0 Å². The topological polar surface area (TPSA) is 94.2 Å². The number of amides is 1. The van der Waals surface area contributed by atoms with Crippen molar-refractivity contribution in [1.82, 2.24) is 14.8 Å². The van der Waals surface area contributed by atoms with E-state index in [1.165, 1.54) is 24.5 Å². The molecule has 3 aromatic carbocycles. The number of carbonyl (C=O) groups is 1. The Kier molecular flexibility index (Phi) is 5.18. The molecule has 1 amide bonds. The second-order valence-corrected chi connectivity index (χ2v) is 8.08. The molecule has 2 unspecified atom stereocenters. The number of anilines is 1. The second kappa shape index (κ2) is 8.31. The van der Waals surface area contributed by atoms with Crippen LogP contribution in [0.5, 0.6) is 0 Å². The van der Waals surface area contributed by atoms with Crippen LogP contribution >= 0.6 is 0 Å². The average Bonchev–Trinajstić information content (AvgIpc) is 3.34. The van der Waals surface area contributed by atoms with Gasteiger partial charge in [0.15, 0.2) is 0 Å². The number of nitro benzene ring substituents is 1. The van der Waals surface area contributed by atoms with Gasteiger partial charge in [0, 0.05) is 17.7 Å². The van der Waals surface area contributed by atoms with Crippen LogP contribution in [0.4, 0.5) is 11.6 Å². The van der Waals surface area contributed by atoms with E-state index in [-0.39, 0.29) is 29.2 Å². The molecule has 0 fully saturated rings. The second-order valence-electron chi connectivity index (χ2n) is 8.08.